The van der Waals surface area contributed by atoms with E-state index in [1.807, 2.05) is 19.0 Å². The molecule has 2 aromatic rings. The Morgan fingerprint density at radius 3 is 2.64 bits per heavy atom. The molecule has 2 aliphatic rings. The molecule has 4 rings (SSSR count). The quantitative estimate of drug-likeness (QED) is 0.765. The maximum absolute atomic E-state index is 13.4. The van der Waals surface area contributed by atoms with Crippen LogP contribution in [-0.4, -0.2) is 48.8 Å². The number of hydrogen-bond acceptors (Lipinski definition) is 3. The first-order valence-electron chi connectivity index (χ1n) is 10.1. The molecule has 2 heterocycles. The smallest absolute Gasteiger partial charge is 0.230 e. The lowest BCUT2D eigenvalue weighted by Gasteiger charge is -2.43. The lowest BCUT2D eigenvalue weighted by atomic mass is 9.73. The van der Waals surface area contributed by atoms with E-state index in [2.05, 4.69) is 41.8 Å². The van der Waals surface area contributed by atoms with Gasteiger partial charge in [-0.05, 0) is 54.7 Å². The van der Waals surface area contributed by atoms with E-state index in [1.165, 1.54) is 16.0 Å². The molecule has 0 spiro atoms. The third-order valence-corrected chi connectivity index (χ3v) is 6.91. The highest BCUT2D eigenvalue weighted by molar-refractivity contribution is 7.13. The highest BCUT2D eigenvalue weighted by atomic mass is 32.1. The number of hydrogen-bond donors (Lipinski definition) is 0. The molecule has 2 fully saturated rings. The van der Waals surface area contributed by atoms with Gasteiger partial charge in [-0.2, -0.15) is 0 Å². The highest BCUT2D eigenvalue weighted by Gasteiger charge is 2.46. The summed E-state index contributed by atoms with van der Waals surface area (Å²) in [5, 5.41) is 2.09. The zero-order valence-electron chi connectivity index (χ0n) is 16.7. The van der Waals surface area contributed by atoms with Crippen molar-refractivity contribution in [2.45, 2.75) is 32.1 Å². The number of rotatable bonds is 5. The van der Waals surface area contributed by atoms with Crippen LogP contribution >= 0.6 is 11.3 Å². The summed E-state index contributed by atoms with van der Waals surface area (Å²) in [5.41, 5.74) is 1.86. The standard InChI is InChI=1S/C23H28N2O2S/c1-24(2)22(27)23(12-6-13-25(16-23)21(26)17-10-11-17)15-18-7-3-4-8-19(18)20-9-5-14-28-20/h3-5,7-9,14,17H,6,10-13,15-16H2,1-2H3/t23-/m0/s1. The predicted octanol–water partition coefficient (Wildman–Crippen LogP) is 4.06. The Hall–Kier alpha value is -2.14. The van der Waals surface area contributed by atoms with Crippen LogP contribution < -0.4 is 0 Å². The van der Waals surface area contributed by atoms with Crippen molar-refractivity contribution in [3.8, 4) is 10.4 Å². The van der Waals surface area contributed by atoms with E-state index in [0.29, 0.717) is 13.0 Å². The molecular formula is C23H28N2O2S. The zero-order chi connectivity index (χ0) is 19.7. The number of thiophene rings is 1. The second kappa shape index (κ2) is 7.70. The molecule has 0 radical (unpaired) electrons. The van der Waals surface area contributed by atoms with Crippen LogP contribution in [0.4, 0.5) is 0 Å². The van der Waals surface area contributed by atoms with Crippen LogP contribution in [0.1, 0.15) is 31.2 Å². The van der Waals surface area contributed by atoms with Crippen molar-refractivity contribution < 1.29 is 9.59 Å². The number of nitrogens with zero attached hydrogens (tertiary/aromatic N) is 2. The van der Waals surface area contributed by atoms with Crippen molar-refractivity contribution in [1.29, 1.82) is 0 Å². The Labute approximate surface area is 171 Å². The number of carbonyl (C=O) groups is 2. The molecule has 0 N–H and O–H groups in total. The first-order chi connectivity index (χ1) is 13.5. The van der Waals surface area contributed by atoms with E-state index < -0.39 is 5.41 Å². The lowest BCUT2D eigenvalue weighted by molar-refractivity contribution is -0.147. The second-order valence-electron chi connectivity index (χ2n) is 8.43. The Kier molecular flexibility index (Phi) is 5.28. The van der Waals surface area contributed by atoms with E-state index in [4.69, 9.17) is 0 Å². The van der Waals surface area contributed by atoms with Crippen molar-refractivity contribution in [3.63, 3.8) is 0 Å². The summed E-state index contributed by atoms with van der Waals surface area (Å²) in [6.45, 7) is 1.32. The molecule has 4 nitrogen and oxygen atoms in total. The summed E-state index contributed by atoms with van der Waals surface area (Å²) in [6, 6.07) is 12.6. The Morgan fingerprint density at radius 1 is 1.18 bits per heavy atom. The molecular weight excluding hydrogens is 368 g/mol. The second-order valence-corrected chi connectivity index (χ2v) is 9.38. The van der Waals surface area contributed by atoms with Crippen LogP contribution in [0.5, 0.6) is 0 Å². The van der Waals surface area contributed by atoms with Crippen LogP contribution in [0.15, 0.2) is 41.8 Å². The fourth-order valence-corrected chi connectivity index (χ4v) is 5.28. The van der Waals surface area contributed by atoms with Crippen LogP contribution in [0.2, 0.25) is 0 Å². The minimum atomic E-state index is -0.542. The molecule has 28 heavy (non-hydrogen) atoms. The summed E-state index contributed by atoms with van der Waals surface area (Å²) >= 11 is 1.72. The number of benzene rings is 1. The fourth-order valence-electron chi connectivity index (χ4n) is 4.49. The van der Waals surface area contributed by atoms with Crippen molar-refractivity contribution in [2.24, 2.45) is 11.3 Å². The Balaban J connectivity index is 1.68. The van der Waals surface area contributed by atoms with Crippen molar-refractivity contribution in [1.82, 2.24) is 9.80 Å². The van der Waals surface area contributed by atoms with Gasteiger partial charge in [-0.25, -0.2) is 0 Å². The van der Waals surface area contributed by atoms with Crippen LogP contribution in [-0.2, 0) is 16.0 Å². The number of piperidine rings is 1. The average Bonchev–Trinajstić information content (AvgIpc) is 3.41. The van der Waals surface area contributed by atoms with Crippen molar-refractivity contribution in [2.75, 3.05) is 27.2 Å². The summed E-state index contributed by atoms with van der Waals surface area (Å²) in [5.74, 6) is 0.590. The third-order valence-electron chi connectivity index (χ3n) is 6.01. The van der Waals surface area contributed by atoms with Gasteiger partial charge in [0.15, 0.2) is 0 Å². The largest absolute Gasteiger partial charge is 0.348 e. The molecule has 1 saturated carbocycles. The van der Waals surface area contributed by atoms with E-state index in [-0.39, 0.29) is 17.7 Å². The van der Waals surface area contributed by atoms with Crippen molar-refractivity contribution >= 4 is 23.2 Å². The molecule has 0 bridgehead atoms. The van der Waals surface area contributed by atoms with Gasteiger partial charge in [0.05, 0.1) is 5.41 Å². The van der Waals surface area contributed by atoms with E-state index in [9.17, 15) is 9.59 Å². The van der Waals surface area contributed by atoms with Gasteiger partial charge in [-0.3, -0.25) is 9.59 Å². The zero-order valence-corrected chi connectivity index (χ0v) is 17.5. The topological polar surface area (TPSA) is 40.6 Å². The van der Waals surface area contributed by atoms with Gasteiger partial charge < -0.3 is 9.80 Å². The first-order valence-corrected chi connectivity index (χ1v) is 11.0. The summed E-state index contributed by atoms with van der Waals surface area (Å²) in [7, 11) is 3.66. The van der Waals surface area contributed by atoms with Gasteiger partial charge in [0.2, 0.25) is 11.8 Å². The average molecular weight is 397 g/mol. The third kappa shape index (κ3) is 3.72. The van der Waals surface area contributed by atoms with Gasteiger partial charge in [0.1, 0.15) is 0 Å². The molecule has 1 atom stereocenters. The molecule has 2 amide bonds. The van der Waals surface area contributed by atoms with Gasteiger partial charge >= 0.3 is 0 Å². The summed E-state index contributed by atoms with van der Waals surface area (Å²) in [6.07, 6.45) is 4.40. The predicted molar refractivity (Wildman–Crippen MR) is 113 cm³/mol. The number of carbonyl (C=O) groups excluding carboxylic acids is 2. The molecule has 1 aliphatic heterocycles. The maximum Gasteiger partial charge on any atom is 0.230 e. The van der Waals surface area contributed by atoms with Crippen LogP contribution in [0, 0.1) is 11.3 Å². The molecule has 1 aromatic heterocycles. The molecule has 1 aromatic carbocycles. The summed E-state index contributed by atoms with van der Waals surface area (Å²) in [4.78, 5) is 31.0. The monoisotopic (exact) mass is 396 g/mol. The Bertz CT molecular complexity index is 857. The summed E-state index contributed by atoms with van der Waals surface area (Å²) < 4.78 is 0. The minimum absolute atomic E-state index is 0.141. The lowest BCUT2D eigenvalue weighted by Crippen LogP contribution is -2.54. The molecule has 148 valence electrons. The Morgan fingerprint density at radius 2 is 1.96 bits per heavy atom. The fraction of sp³-hybridized carbons (Fsp3) is 0.478. The molecule has 5 heteroatoms. The van der Waals surface area contributed by atoms with E-state index in [1.54, 1.807) is 16.2 Å². The minimum Gasteiger partial charge on any atom is -0.348 e. The number of amides is 2. The molecule has 0 unspecified atom stereocenters. The van der Waals surface area contributed by atoms with Crippen LogP contribution in [0.3, 0.4) is 0 Å². The SMILES string of the molecule is CN(C)C(=O)[C@]1(Cc2ccccc2-c2cccs2)CCCN(C(=O)C2CC2)C1. The molecule has 1 aliphatic carbocycles. The van der Waals surface area contributed by atoms with Gasteiger partial charge in [-0.15, -0.1) is 11.3 Å². The van der Waals surface area contributed by atoms with E-state index >= 15 is 0 Å². The normalized spacial score (nSPS) is 22.1. The van der Waals surface area contributed by atoms with Gasteiger partial charge in [0.25, 0.3) is 0 Å². The van der Waals surface area contributed by atoms with Crippen LogP contribution in [0.25, 0.3) is 10.4 Å². The number of likely N-dealkylation sites (tertiary alicyclic amines) is 1. The van der Waals surface area contributed by atoms with Crippen molar-refractivity contribution in [3.05, 3.63) is 47.3 Å². The maximum atomic E-state index is 13.4. The first kappa shape index (κ1) is 19.2. The highest BCUT2D eigenvalue weighted by Crippen LogP contribution is 2.40. The van der Waals surface area contributed by atoms with Gasteiger partial charge in [-0.1, -0.05) is 30.3 Å². The van der Waals surface area contributed by atoms with Gasteiger partial charge in [0, 0.05) is 38.0 Å². The van der Waals surface area contributed by atoms with E-state index in [0.717, 1.165) is 32.2 Å². The molecule has 1 saturated heterocycles.